The number of piperazine rings is 1. The molecule has 1 saturated carbocycles. The van der Waals surface area contributed by atoms with E-state index in [-0.39, 0.29) is 35.2 Å². The van der Waals surface area contributed by atoms with Crippen LogP contribution in [0.5, 0.6) is 0 Å². The van der Waals surface area contributed by atoms with E-state index in [9.17, 15) is 22.8 Å². The number of anilines is 2. The first-order valence-electron chi connectivity index (χ1n) is 14.2. The van der Waals surface area contributed by atoms with Crippen LogP contribution in [-0.4, -0.2) is 64.8 Å². The lowest BCUT2D eigenvalue weighted by Crippen LogP contribution is -2.44. The van der Waals surface area contributed by atoms with Gasteiger partial charge in [0.15, 0.2) is 5.82 Å². The number of carbonyl (C=O) groups is 2. The number of nitrogens with one attached hydrogen (secondary N) is 2. The van der Waals surface area contributed by atoms with Gasteiger partial charge in [0.05, 0.1) is 17.5 Å². The number of nitrogens with zero attached hydrogens (tertiary/aromatic N) is 4. The first kappa shape index (κ1) is 30.2. The Bertz CT molecular complexity index is 1600. The zero-order valence-electron chi connectivity index (χ0n) is 24.3. The summed E-state index contributed by atoms with van der Waals surface area (Å²) in [4.78, 5) is 37.9. The number of rotatable bonds is 6. The molecule has 2 amide bonds. The molecule has 1 aromatic heterocycles. The minimum atomic E-state index is -4.56. The van der Waals surface area contributed by atoms with Gasteiger partial charge < -0.3 is 15.5 Å². The average molecular weight is 591 g/mol. The molecule has 1 aliphatic carbocycles. The molecule has 0 radical (unpaired) electrons. The predicted octanol–water partition coefficient (Wildman–Crippen LogP) is 4.86. The molecule has 2 heterocycles. The number of amides is 2. The topological polar surface area (TPSA) is 90.5 Å². The molecule has 2 aliphatic rings. The third-order valence-electron chi connectivity index (χ3n) is 7.62. The number of halogens is 3. The second-order valence-corrected chi connectivity index (χ2v) is 11.1. The van der Waals surface area contributed by atoms with Gasteiger partial charge in [-0.2, -0.15) is 13.2 Å². The van der Waals surface area contributed by atoms with Crippen molar-refractivity contribution in [2.24, 2.45) is 5.92 Å². The van der Waals surface area contributed by atoms with Gasteiger partial charge >= 0.3 is 6.18 Å². The lowest BCUT2D eigenvalue weighted by atomic mass is 10.0. The molecule has 0 spiro atoms. The van der Waals surface area contributed by atoms with E-state index in [1.54, 1.807) is 25.1 Å². The maximum absolute atomic E-state index is 14.0. The number of hydrogen-bond donors (Lipinski definition) is 2. The van der Waals surface area contributed by atoms with E-state index in [1.807, 2.05) is 18.9 Å². The third kappa shape index (κ3) is 7.77. The lowest BCUT2D eigenvalue weighted by Gasteiger charge is -2.33. The van der Waals surface area contributed by atoms with Crippen molar-refractivity contribution in [1.82, 2.24) is 19.8 Å². The number of benzene rings is 2. The molecule has 1 saturated heterocycles. The van der Waals surface area contributed by atoms with Crippen molar-refractivity contribution in [2.45, 2.75) is 39.4 Å². The quantitative estimate of drug-likeness (QED) is 0.399. The van der Waals surface area contributed by atoms with E-state index in [0.29, 0.717) is 35.9 Å². The number of hydrogen-bond acceptors (Lipinski definition) is 6. The highest BCUT2D eigenvalue weighted by atomic mass is 19.4. The first-order valence-corrected chi connectivity index (χ1v) is 14.2. The maximum Gasteiger partial charge on any atom is 0.416 e. The van der Waals surface area contributed by atoms with Crippen molar-refractivity contribution in [2.75, 3.05) is 43.9 Å². The Morgan fingerprint density at radius 1 is 1.00 bits per heavy atom. The summed E-state index contributed by atoms with van der Waals surface area (Å²) in [6.07, 6.45) is -1.32. The molecular weight excluding hydrogens is 557 g/mol. The van der Waals surface area contributed by atoms with Crippen LogP contribution < -0.4 is 10.6 Å². The van der Waals surface area contributed by atoms with Crippen LogP contribution in [0.1, 0.15) is 56.8 Å². The Hall–Kier alpha value is -4.27. The monoisotopic (exact) mass is 590 g/mol. The predicted molar refractivity (Wildman–Crippen MR) is 157 cm³/mol. The Morgan fingerprint density at radius 3 is 2.42 bits per heavy atom. The number of alkyl halides is 3. The molecule has 2 aromatic carbocycles. The van der Waals surface area contributed by atoms with E-state index in [1.165, 1.54) is 18.3 Å². The van der Waals surface area contributed by atoms with Crippen molar-refractivity contribution in [3.63, 3.8) is 0 Å². The van der Waals surface area contributed by atoms with Crippen LogP contribution >= 0.6 is 0 Å². The molecule has 43 heavy (non-hydrogen) atoms. The zero-order valence-corrected chi connectivity index (χ0v) is 24.3. The van der Waals surface area contributed by atoms with Gasteiger partial charge in [-0.3, -0.25) is 14.5 Å². The highest BCUT2D eigenvalue weighted by Gasteiger charge is 2.34. The molecule has 2 fully saturated rings. The number of aromatic nitrogens is 2. The minimum absolute atomic E-state index is 0.0475. The smallest absolute Gasteiger partial charge is 0.322 e. The van der Waals surface area contributed by atoms with Crippen LogP contribution in [0, 0.1) is 31.6 Å². The normalized spacial score (nSPS) is 15.9. The summed E-state index contributed by atoms with van der Waals surface area (Å²) < 4.78 is 41.9. The lowest BCUT2D eigenvalue weighted by molar-refractivity contribution is -0.138. The van der Waals surface area contributed by atoms with Gasteiger partial charge in [-0.15, -0.1) is 0 Å². The zero-order chi connectivity index (χ0) is 30.7. The third-order valence-corrected chi connectivity index (χ3v) is 7.62. The van der Waals surface area contributed by atoms with Crippen LogP contribution in [0.15, 0.2) is 42.6 Å². The van der Waals surface area contributed by atoms with Gasteiger partial charge in [0.25, 0.3) is 5.91 Å². The summed E-state index contributed by atoms with van der Waals surface area (Å²) in [5, 5.41) is 5.39. The van der Waals surface area contributed by atoms with E-state index in [4.69, 9.17) is 0 Å². The van der Waals surface area contributed by atoms with Gasteiger partial charge in [-0.1, -0.05) is 18.1 Å². The highest BCUT2D eigenvalue weighted by molar-refractivity contribution is 6.04. The number of aryl methyl sites for hydroxylation is 2. The first-order chi connectivity index (χ1) is 20.5. The van der Waals surface area contributed by atoms with Gasteiger partial charge in [-0.05, 0) is 75.0 Å². The van der Waals surface area contributed by atoms with Gasteiger partial charge in [0, 0.05) is 55.5 Å². The highest BCUT2D eigenvalue weighted by Crippen LogP contribution is 2.35. The number of carbonyl (C=O) groups excluding carboxylic acids is 2. The maximum atomic E-state index is 14.0. The average Bonchev–Trinajstić information content (AvgIpc) is 3.81. The standard InChI is InChI=1S/C32H33F3N6O2/c1-20-4-5-24(16-23(20)8-11-27-18-36-29(21(2)37-27)39-30(42)22-6-7-22)31(43)38-26-10-9-25(28(17-26)32(33,34)35)19-41-14-12-40(3)13-15-41/h4-5,9-10,16-18,22H,6-7,12-15,19H2,1-3H3,(H,38,43)(H,36,39,42). The molecule has 8 nitrogen and oxygen atoms in total. The van der Waals surface area contributed by atoms with Gasteiger partial charge in [0.2, 0.25) is 5.91 Å². The summed E-state index contributed by atoms with van der Waals surface area (Å²) in [7, 11) is 1.99. The summed E-state index contributed by atoms with van der Waals surface area (Å²) in [5.74, 6) is 5.79. The fourth-order valence-electron chi connectivity index (χ4n) is 4.76. The molecule has 2 N–H and O–H groups in total. The molecule has 0 atom stereocenters. The fraction of sp³-hybridized carbons (Fsp3) is 0.375. The Balaban J connectivity index is 1.29. The summed E-state index contributed by atoms with van der Waals surface area (Å²) in [5.41, 5.74) is 2.06. The molecule has 0 unspecified atom stereocenters. The van der Waals surface area contributed by atoms with Crippen LogP contribution in [-0.2, 0) is 17.5 Å². The summed E-state index contributed by atoms with van der Waals surface area (Å²) in [6, 6.07) is 8.86. The van der Waals surface area contributed by atoms with Crippen molar-refractivity contribution >= 4 is 23.3 Å². The van der Waals surface area contributed by atoms with Crippen LogP contribution in [0.25, 0.3) is 0 Å². The van der Waals surface area contributed by atoms with E-state index in [0.717, 1.165) is 37.6 Å². The van der Waals surface area contributed by atoms with Crippen molar-refractivity contribution in [3.8, 4) is 11.8 Å². The van der Waals surface area contributed by atoms with Crippen LogP contribution in [0.2, 0.25) is 0 Å². The molecule has 0 bridgehead atoms. The summed E-state index contributed by atoms with van der Waals surface area (Å²) >= 11 is 0. The molecule has 224 valence electrons. The second kappa shape index (κ2) is 12.5. The van der Waals surface area contributed by atoms with Crippen molar-refractivity contribution in [1.29, 1.82) is 0 Å². The van der Waals surface area contributed by atoms with Gasteiger partial charge in [-0.25, -0.2) is 9.97 Å². The Morgan fingerprint density at radius 2 is 1.74 bits per heavy atom. The van der Waals surface area contributed by atoms with Crippen molar-refractivity contribution < 1.29 is 22.8 Å². The molecular formula is C32H33F3N6O2. The summed E-state index contributed by atoms with van der Waals surface area (Å²) in [6.45, 7) is 6.77. The Labute approximate surface area is 248 Å². The SMILES string of the molecule is Cc1ccc(C(=O)Nc2ccc(CN3CCN(C)CC3)c(C(F)(F)F)c2)cc1C#Cc1cnc(NC(=O)C2CC2)c(C)n1. The molecule has 5 rings (SSSR count). The largest absolute Gasteiger partial charge is 0.416 e. The van der Waals surface area contributed by atoms with Crippen LogP contribution in [0.3, 0.4) is 0 Å². The van der Waals surface area contributed by atoms with Crippen LogP contribution in [0.4, 0.5) is 24.7 Å². The van der Waals surface area contributed by atoms with E-state index in [2.05, 4.69) is 37.3 Å². The Kier molecular flexibility index (Phi) is 8.80. The fourth-order valence-corrected chi connectivity index (χ4v) is 4.76. The number of likely N-dealkylation sites (N-methyl/N-ethyl adjacent to an activating group) is 1. The van der Waals surface area contributed by atoms with Crippen molar-refractivity contribution in [3.05, 3.63) is 81.8 Å². The van der Waals surface area contributed by atoms with E-state index < -0.39 is 17.6 Å². The van der Waals surface area contributed by atoms with Gasteiger partial charge in [0.1, 0.15) is 5.69 Å². The van der Waals surface area contributed by atoms with E-state index >= 15 is 0 Å². The molecule has 11 heteroatoms. The minimum Gasteiger partial charge on any atom is -0.322 e. The molecule has 1 aliphatic heterocycles. The second-order valence-electron chi connectivity index (χ2n) is 11.1. The molecule has 3 aromatic rings.